The summed E-state index contributed by atoms with van der Waals surface area (Å²) in [5.41, 5.74) is 2.21. The second-order valence-corrected chi connectivity index (χ2v) is 7.97. The number of pyridine rings is 1. The third-order valence-electron chi connectivity index (χ3n) is 2.87. The number of hydrogen-bond acceptors (Lipinski definition) is 4. The van der Waals surface area contributed by atoms with Crippen molar-refractivity contribution in [3.63, 3.8) is 0 Å². The fourth-order valence-corrected chi connectivity index (χ4v) is 4.25. The standard InChI is InChI=1S/C16H18N2OS3/c19-22(13-14-5-2-1-3-6-14)10-9-21-16(20)18-12-15-7-4-8-17-11-15/h1-8,11H,9-10,12-13H2,(H,18,20). The summed E-state index contributed by atoms with van der Waals surface area (Å²) in [5, 5.41) is 3.18. The van der Waals surface area contributed by atoms with E-state index in [2.05, 4.69) is 10.3 Å². The predicted octanol–water partition coefficient (Wildman–Crippen LogP) is 3.14. The maximum Gasteiger partial charge on any atom is 0.134 e. The number of hydrogen-bond donors (Lipinski definition) is 1. The van der Waals surface area contributed by atoms with Crippen molar-refractivity contribution in [3.8, 4) is 0 Å². The third kappa shape index (κ3) is 6.79. The Hall–Kier alpha value is -1.08. The molecule has 22 heavy (non-hydrogen) atoms. The Morgan fingerprint density at radius 2 is 1.95 bits per heavy atom. The number of thiocarbonyl (C=S) groups is 1. The highest BCUT2D eigenvalue weighted by molar-refractivity contribution is 8.23. The van der Waals surface area contributed by atoms with Crippen LogP contribution < -0.4 is 5.32 Å². The van der Waals surface area contributed by atoms with E-state index in [1.165, 1.54) is 0 Å². The summed E-state index contributed by atoms with van der Waals surface area (Å²) in [6.07, 6.45) is 3.56. The fourth-order valence-electron chi connectivity index (χ4n) is 1.79. The highest BCUT2D eigenvalue weighted by Crippen LogP contribution is 2.10. The van der Waals surface area contributed by atoms with Crippen molar-refractivity contribution in [2.24, 2.45) is 0 Å². The smallest absolute Gasteiger partial charge is 0.134 e. The summed E-state index contributed by atoms with van der Waals surface area (Å²) >= 11 is 5.96. The molecule has 0 radical (unpaired) electrons. The largest absolute Gasteiger partial charge is 0.616 e. The molecule has 1 aromatic heterocycles. The van der Waals surface area contributed by atoms with Gasteiger partial charge >= 0.3 is 0 Å². The molecular weight excluding hydrogens is 332 g/mol. The van der Waals surface area contributed by atoms with Gasteiger partial charge < -0.3 is 9.87 Å². The topological polar surface area (TPSA) is 48.0 Å². The Kier molecular flexibility index (Phi) is 7.73. The molecule has 0 aliphatic heterocycles. The molecule has 6 heteroatoms. The molecule has 1 heterocycles. The van der Waals surface area contributed by atoms with Gasteiger partial charge in [0.25, 0.3) is 0 Å². The Morgan fingerprint density at radius 3 is 2.68 bits per heavy atom. The van der Waals surface area contributed by atoms with Crippen LogP contribution in [0.4, 0.5) is 0 Å². The molecule has 1 N–H and O–H groups in total. The molecule has 0 fully saturated rings. The van der Waals surface area contributed by atoms with Gasteiger partial charge in [-0.05, 0) is 22.8 Å². The van der Waals surface area contributed by atoms with Crippen LogP contribution in [0.15, 0.2) is 54.9 Å². The van der Waals surface area contributed by atoms with Crippen LogP contribution in [-0.4, -0.2) is 25.4 Å². The van der Waals surface area contributed by atoms with Crippen molar-refractivity contribution in [2.75, 3.05) is 11.5 Å². The molecule has 1 aromatic carbocycles. The highest BCUT2D eigenvalue weighted by atomic mass is 32.2. The summed E-state index contributed by atoms with van der Waals surface area (Å²) in [6, 6.07) is 13.8. The van der Waals surface area contributed by atoms with Crippen molar-refractivity contribution in [1.29, 1.82) is 0 Å². The molecule has 0 aliphatic rings. The average Bonchev–Trinajstić information content (AvgIpc) is 2.55. The van der Waals surface area contributed by atoms with Crippen LogP contribution in [0.5, 0.6) is 0 Å². The summed E-state index contributed by atoms with van der Waals surface area (Å²) in [6.45, 7) is 0.673. The number of thioether (sulfide) groups is 1. The van der Waals surface area contributed by atoms with Crippen molar-refractivity contribution in [1.82, 2.24) is 10.3 Å². The zero-order valence-corrected chi connectivity index (χ0v) is 14.6. The molecule has 3 nitrogen and oxygen atoms in total. The Labute approximate surface area is 144 Å². The van der Waals surface area contributed by atoms with Crippen LogP contribution in [0.25, 0.3) is 0 Å². The van der Waals surface area contributed by atoms with E-state index in [1.807, 2.05) is 48.7 Å². The molecule has 0 bridgehead atoms. The predicted molar refractivity (Wildman–Crippen MR) is 99.3 cm³/mol. The number of aromatic nitrogens is 1. The first-order valence-corrected chi connectivity index (χ1v) is 9.80. The fraction of sp³-hybridized carbons (Fsp3) is 0.250. The van der Waals surface area contributed by atoms with E-state index in [0.717, 1.165) is 21.2 Å². The second kappa shape index (κ2) is 9.84. The monoisotopic (exact) mass is 350 g/mol. The molecule has 0 saturated carbocycles. The van der Waals surface area contributed by atoms with E-state index in [-0.39, 0.29) is 0 Å². The molecule has 2 rings (SSSR count). The van der Waals surface area contributed by atoms with Gasteiger partial charge in [0.2, 0.25) is 0 Å². The quantitative estimate of drug-likeness (QED) is 0.614. The minimum atomic E-state index is -0.846. The van der Waals surface area contributed by atoms with Gasteiger partial charge in [-0.2, -0.15) is 0 Å². The number of benzene rings is 1. The van der Waals surface area contributed by atoms with Crippen LogP contribution in [0.2, 0.25) is 0 Å². The minimum absolute atomic E-state index is 0.608. The maximum absolute atomic E-state index is 12.0. The Balaban J connectivity index is 1.60. The number of nitrogens with one attached hydrogen (secondary N) is 1. The molecule has 0 saturated heterocycles. The Morgan fingerprint density at radius 1 is 1.18 bits per heavy atom. The first kappa shape index (κ1) is 17.3. The lowest BCUT2D eigenvalue weighted by Gasteiger charge is -2.11. The van der Waals surface area contributed by atoms with Gasteiger partial charge in [-0.3, -0.25) is 4.98 Å². The van der Waals surface area contributed by atoms with Crippen molar-refractivity contribution in [2.45, 2.75) is 12.3 Å². The number of rotatable bonds is 7. The third-order valence-corrected chi connectivity index (χ3v) is 5.76. The van der Waals surface area contributed by atoms with Crippen LogP contribution in [0.3, 0.4) is 0 Å². The minimum Gasteiger partial charge on any atom is -0.616 e. The molecule has 1 unspecified atom stereocenters. The first-order valence-electron chi connectivity index (χ1n) is 6.92. The van der Waals surface area contributed by atoms with Gasteiger partial charge in [-0.15, -0.1) is 0 Å². The van der Waals surface area contributed by atoms with E-state index in [4.69, 9.17) is 12.2 Å². The molecule has 0 spiro atoms. The molecule has 1 atom stereocenters. The number of nitrogens with zero attached hydrogens (tertiary/aromatic N) is 1. The molecular formula is C16H18N2OS3. The van der Waals surface area contributed by atoms with Gasteiger partial charge in [0, 0.05) is 30.3 Å². The second-order valence-electron chi connectivity index (χ2n) is 4.62. The maximum atomic E-state index is 12.0. The molecule has 116 valence electrons. The van der Waals surface area contributed by atoms with Gasteiger partial charge in [-0.1, -0.05) is 60.4 Å². The van der Waals surface area contributed by atoms with Crippen LogP contribution in [0, 0.1) is 0 Å². The lowest BCUT2D eigenvalue weighted by molar-refractivity contribution is 0.596. The van der Waals surface area contributed by atoms with Crippen molar-refractivity contribution < 1.29 is 4.55 Å². The van der Waals surface area contributed by atoms with E-state index in [9.17, 15) is 4.55 Å². The van der Waals surface area contributed by atoms with Crippen molar-refractivity contribution >= 4 is 39.5 Å². The van der Waals surface area contributed by atoms with Crippen molar-refractivity contribution in [3.05, 3.63) is 66.0 Å². The van der Waals surface area contributed by atoms with Crippen LogP contribution in [-0.2, 0) is 23.5 Å². The van der Waals surface area contributed by atoms with E-state index >= 15 is 0 Å². The van der Waals surface area contributed by atoms with Crippen LogP contribution in [0.1, 0.15) is 11.1 Å². The molecule has 0 amide bonds. The summed E-state index contributed by atoms with van der Waals surface area (Å²) in [7, 11) is 0. The van der Waals surface area contributed by atoms with Gasteiger partial charge in [0.15, 0.2) is 0 Å². The van der Waals surface area contributed by atoms with E-state index in [0.29, 0.717) is 18.1 Å². The Bertz CT molecular complexity index is 566. The summed E-state index contributed by atoms with van der Waals surface area (Å²) in [5.74, 6) is 2.02. The molecule has 0 aliphatic carbocycles. The van der Waals surface area contributed by atoms with Gasteiger partial charge in [0.1, 0.15) is 15.8 Å². The normalized spacial score (nSPS) is 11.9. The summed E-state index contributed by atoms with van der Waals surface area (Å²) in [4.78, 5) is 4.06. The zero-order valence-electron chi connectivity index (χ0n) is 12.1. The summed E-state index contributed by atoms with van der Waals surface area (Å²) < 4.78 is 12.7. The lowest BCUT2D eigenvalue weighted by atomic mass is 10.2. The first-order chi connectivity index (χ1) is 10.7. The van der Waals surface area contributed by atoms with Gasteiger partial charge in [0.05, 0.1) is 0 Å². The van der Waals surface area contributed by atoms with E-state index in [1.54, 1.807) is 18.0 Å². The van der Waals surface area contributed by atoms with Gasteiger partial charge in [-0.25, -0.2) is 0 Å². The average molecular weight is 351 g/mol. The SMILES string of the molecule is [O-][S+](CCSC(=S)NCc1cccnc1)Cc1ccccc1. The van der Waals surface area contributed by atoms with Crippen LogP contribution >= 0.6 is 24.0 Å². The molecule has 2 aromatic rings. The lowest BCUT2D eigenvalue weighted by Crippen LogP contribution is -2.20. The highest BCUT2D eigenvalue weighted by Gasteiger charge is 2.08. The zero-order chi connectivity index (χ0) is 15.6. The van der Waals surface area contributed by atoms with E-state index < -0.39 is 11.2 Å².